The lowest BCUT2D eigenvalue weighted by molar-refractivity contribution is 0.0874. The molecule has 0 heterocycles. The Morgan fingerprint density at radius 1 is 1.24 bits per heavy atom. The Balaban J connectivity index is 1.88. The summed E-state index contributed by atoms with van der Waals surface area (Å²) in [7, 11) is 0. The van der Waals surface area contributed by atoms with Crippen LogP contribution in [0.25, 0.3) is 0 Å². The highest BCUT2D eigenvalue weighted by molar-refractivity contribution is 5.94. The molecular weight excluding hydrogens is 262 g/mol. The highest BCUT2D eigenvalue weighted by Gasteiger charge is 2.21. The number of nitrogens with one attached hydrogen (secondary N) is 1. The van der Waals surface area contributed by atoms with E-state index in [1.165, 1.54) is 5.56 Å². The summed E-state index contributed by atoms with van der Waals surface area (Å²) in [4.78, 5) is 12.2. The van der Waals surface area contributed by atoms with Crippen molar-refractivity contribution < 1.29 is 9.90 Å². The number of aliphatic hydroxyl groups excluding tert-OH is 1. The molecule has 3 heteroatoms. The Morgan fingerprint density at radius 3 is 2.48 bits per heavy atom. The Labute approximate surface area is 127 Å². The van der Waals surface area contributed by atoms with Crippen LogP contribution in [0.1, 0.15) is 62.4 Å². The summed E-state index contributed by atoms with van der Waals surface area (Å²) in [5.41, 5.74) is 2.04. The van der Waals surface area contributed by atoms with E-state index in [4.69, 9.17) is 0 Å². The van der Waals surface area contributed by atoms with Gasteiger partial charge in [0.15, 0.2) is 0 Å². The van der Waals surface area contributed by atoms with Gasteiger partial charge in [0.05, 0.1) is 6.10 Å². The third kappa shape index (κ3) is 4.57. The molecule has 0 saturated heterocycles. The van der Waals surface area contributed by atoms with Crippen molar-refractivity contribution in [3.8, 4) is 0 Å². The zero-order chi connectivity index (χ0) is 15.5. The fraction of sp³-hybridized carbons (Fsp3) is 0.611. The molecule has 0 aromatic heterocycles. The van der Waals surface area contributed by atoms with Crippen LogP contribution in [0.3, 0.4) is 0 Å². The van der Waals surface area contributed by atoms with E-state index >= 15 is 0 Å². The minimum Gasteiger partial charge on any atom is -0.393 e. The molecule has 0 spiro atoms. The van der Waals surface area contributed by atoms with Gasteiger partial charge in [-0.2, -0.15) is 0 Å². The van der Waals surface area contributed by atoms with E-state index in [2.05, 4.69) is 26.1 Å². The lowest BCUT2D eigenvalue weighted by Crippen LogP contribution is -2.33. The fourth-order valence-corrected chi connectivity index (χ4v) is 2.91. The van der Waals surface area contributed by atoms with Crippen molar-refractivity contribution in [3.05, 3.63) is 35.4 Å². The van der Waals surface area contributed by atoms with Crippen LogP contribution in [0, 0.1) is 5.92 Å². The Bertz CT molecular complexity index is 473. The molecule has 1 aromatic rings. The van der Waals surface area contributed by atoms with E-state index in [0.29, 0.717) is 18.0 Å². The van der Waals surface area contributed by atoms with Crippen molar-refractivity contribution >= 4 is 5.91 Å². The summed E-state index contributed by atoms with van der Waals surface area (Å²) in [6, 6.07) is 7.84. The topological polar surface area (TPSA) is 49.3 Å². The van der Waals surface area contributed by atoms with E-state index in [9.17, 15) is 9.90 Å². The largest absolute Gasteiger partial charge is 0.393 e. The van der Waals surface area contributed by atoms with Gasteiger partial charge in [-0.25, -0.2) is 0 Å². The minimum atomic E-state index is -0.188. The standard InChI is InChI=1S/C18H27NO2/c1-18(2,3)15-9-7-14(8-10-15)17(21)19-12-13-5-4-6-16(20)11-13/h7-10,13,16,20H,4-6,11-12H2,1-3H3,(H,19,21). The van der Waals surface area contributed by atoms with Crippen LogP contribution in [0.2, 0.25) is 0 Å². The number of hydrogen-bond donors (Lipinski definition) is 2. The van der Waals surface area contributed by atoms with Crippen LogP contribution >= 0.6 is 0 Å². The molecule has 0 bridgehead atoms. The molecule has 0 aliphatic heterocycles. The van der Waals surface area contributed by atoms with Gasteiger partial charge in [-0.05, 0) is 48.3 Å². The summed E-state index contributed by atoms with van der Waals surface area (Å²) in [5.74, 6) is 0.391. The lowest BCUT2D eigenvalue weighted by atomic mass is 9.86. The quantitative estimate of drug-likeness (QED) is 0.897. The van der Waals surface area contributed by atoms with Gasteiger partial charge in [0.2, 0.25) is 0 Å². The zero-order valence-corrected chi connectivity index (χ0v) is 13.4. The van der Waals surface area contributed by atoms with Gasteiger partial charge >= 0.3 is 0 Å². The molecule has 1 amide bonds. The molecule has 116 valence electrons. The number of carbonyl (C=O) groups is 1. The first-order chi connectivity index (χ1) is 9.86. The number of rotatable bonds is 3. The molecule has 2 atom stereocenters. The molecule has 2 unspecified atom stereocenters. The van der Waals surface area contributed by atoms with Crippen LogP contribution in [0.4, 0.5) is 0 Å². The molecular formula is C18H27NO2. The van der Waals surface area contributed by atoms with Crippen molar-refractivity contribution in [1.29, 1.82) is 0 Å². The number of aliphatic hydroxyl groups is 1. The van der Waals surface area contributed by atoms with E-state index in [-0.39, 0.29) is 17.4 Å². The molecule has 2 N–H and O–H groups in total. The molecule has 0 radical (unpaired) electrons. The Kier molecular flexibility index (Phi) is 5.04. The maximum absolute atomic E-state index is 12.2. The summed E-state index contributed by atoms with van der Waals surface area (Å²) in [5, 5.41) is 12.7. The third-order valence-corrected chi connectivity index (χ3v) is 4.32. The van der Waals surface area contributed by atoms with E-state index in [1.54, 1.807) is 0 Å². The fourth-order valence-electron chi connectivity index (χ4n) is 2.91. The molecule has 1 aromatic carbocycles. The second kappa shape index (κ2) is 6.61. The molecule has 1 fully saturated rings. The Morgan fingerprint density at radius 2 is 1.90 bits per heavy atom. The first-order valence-corrected chi connectivity index (χ1v) is 7.93. The van der Waals surface area contributed by atoms with Crippen LogP contribution in [-0.2, 0) is 5.41 Å². The van der Waals surface area contributed by atoms with Gasteiger partial charge in [0.1, 0.15) is 0 Å². The first-order valence-electron chi connectivity index (χ1n) is 7.93. The number of amides is 1. The molecule has 1 aliphatic carbocycles. The normalized spacial score (nSPS) is 22.9. The summed E-state index contributed by atoms with van der Waals surface area (Å²) < 4.78 is 0. The van der Waals surface area contributed by atoms with Gasteiger partial charge in [0.25, 0.3) is 5.91 Å². The zero-order valence-electron chi connectivity index (χ0n) is 13.4. The van der Waals surface area contributed by atoms with E-state index in [1.807, 2.05) is 24.3 Å². The molecule has 1 aliphatic rings. The molecule has 3 nitrogen and oxygen atoms in total. The van der Waals surface area contributed by atoms with Crippen molar-refractivity contribution in [2.24, 2.45) is 5.92 Å². The van der Waals surface area contributed by atoms with Gasteiger partial charge in [-0.1, -0.05) is 39.3 Å². The third-order valence-electron chi connectivity index (χ3n) is 4.32. The molecule has 1 saturated carbocycles. The molecule has 2 rings (SSSR count). The van der Waals surface area contributed by atoms with Gasteiger partial charge < -0.3 is 10.4 Å². The molecule has 21 heavy (non-hydrogen) atoms. The minimum absolute atomic E-state index is 0.0180. The van der Waals surface area contributed by atoms with Gasteiger partial charge in [0, 0.05) is 12.1 Å². The first kappa shape index (κ1) is 16.0. The van der Waals surface area contributed by atoms with Crippen LogP contribution < -0.4 is 5.32 Å². The average Bonchev–Trinajstić information content (AvgIpc) is 2.44. The SMILES string of the molecule is CC(C)(C)c1ccc(C(=O)NCC2CCCC(O)C2)cc1. The van der Waals surface area contributed by atoms with Crippen molar-refractivity contribution in [1.82, 2.24) is 5.32 Å². The Hall–Kier alpha value is -1.35. The lowest BCUT2D eigenvalue weighted by Gasteiger charge is -2.26. The van der Waals surface area contributed by atoms with Crippen LogP contribution in [0.15, 0.2) is 24.3 Å². The van der Waals surface area contributed by atoms with E-state index in [0.717, 1.165) is 25.7 Å². The van der Waals surface area contributed by atoms with Crippen LogP contribution in [0.5, 0.6) is 0 Å². The number of benzene rings is 1. The van der Waals surface area contributed by atoms with E-state index < -0.39 is 0 Å². The predicted octanol–water partition coefficient (Wildman–Crippen LogP) is 3.27. The summed E-state index contributed by atoms with van der Waals surface area (Å²) in [6.07, 6.45) is 3.68. The summed E-state index contributed by atoms with van der Waals surface area (Å²) >= 11 is 0. The monoisotopic (exact) mass is 289 g/mol. The maximum Gasteiger partial charge on any atom is 0.251 e. The predicted molar refractivity (Wildman–Crippen MR) is 85.4 cm³/mol. The van der Waals surface area contributed by atoms with Gasteiger partial charge in [-0.15, -0.1) is 0 Å². The van der Waals surface area contributed by atoms with Crippen LogP contribution in [-0.4, -0.2) is 23.7 Å². The van der Waals surface area contributed by atoms with Crippen molar-refractivity contribution in [2.75, 3.05) is 6.54 Å². The number of carbonyl (C=O) groups excluding carboxylic acids is 1. The second-order valence-corrected chi connectivity index (χ2v) is 7.22. The van der Waals surface area contributed by atoms with Crippen molar-refractivity contribution in [2.45, 2.75) is 58.0 Å². The summed E-state index contributed by atoms with van der Waals surface area (Å²) in [6.45, 7) is 7.15. The highest BCUT2D eigenvalue weighted by Crippen LogP contribution is 2.24. The van der Waals surface area contributed by atoms with Gasteiger partial charge in [-0.3, -0.25) is 4.79 Å². The highest BCUT2D eigenvalue weighted by atomic mass is 16.3. The van der Waals surface area contributed by atoms with Crippen molar-refractivity contribution in [3.63, 3.8) is 0 Å². The number of hydrogen-bond acceptors (Lipinski definition) is 2. The maximum atomic E-state index is 12.2. The average molecular weight is 289 g/mol. The smallest absolute Gasteiger partial charge is 0.251 e. The second-order valence-electron chi connectivity index (χ2n) is 7.22.